The molecule has 3 heterocycles. The standard InChI is InChI=1S/C21H19F3N6O3/c1-29-10-14(8-27-29)13-6-18-25-9-15(30(18)28-7-13)12-4-16(32-2)19(17(5-12)33-3)20(31)26-11-21(22,23)24/h4-10H,11H2,1-3H3,(H,26,31). The Balaban J connectivity index is 1.74. The highest BCUT2D eigenvalue weighted by atomic mass is 19.4. The number of rotatable bonds is 6. The van der Waals surface area contributed by atoms with E-state index >= 15 is 0 Å². The van der Waals surface area contributed by atoms with Crippen molar-refractivity contribution in [3.8, 4) is 33.9 Å². The molecule has 172 valence electrons. The number of halogens is 3. The molecule has 1 N–H and O–H groups in total. The van der Waals surface area contributed by atoms with E-state index in [1.54, 1.807) is 27.8 Å². The number of benzene rings is 1. The van der Waals surface area contributed by atoms with Crippen LogP contribution in [0.5, 0.6) is 11.5 Å². The minimum absolute atomic E-state index is 0.0472. The first-order valence-corrected chi connectivity index (χ1v) is 9.64. The molecule has 0 spiro atoms. The predicted molar refractivity (Wildman–Crippen MR) is 112 cm³/mol. The number of carbonyl (C=O) groups is 1. The quantitative estimate of drug-likeness (QED) is 0.475. The van der Waals surface area contributed by atoms with E-state index in [-0.39, 0.29) is 17.1 Å². The highest BCUT2D eigenvalue weighted by Crippen LogP contribution is 2.35. The fraction of sp³-hybridized carbons (Fsp3) is 0.238. The zero-order chi connectivity index (χ0) is 23.8. The summed E-state index contributed by atoms with van der Waals surface area (Å²) in [6.07, 6.45) is 2.29. The minimum Gasteiger partial charge on any atom is -0.496 e. The molecule has 9 nitrogen and oxygen atoms in total. The number of hydrogen-bond donors (Lipinski definition) is 1. The number of aryl methyl sites for hydroxylation is 1. The number of ether oxygens (including phenoxy) is 2. The summed E-state index contributed by atoms with van der Waals surface area (Å²) in [4.78, 5) is 16.8. The van der Waals surface area contributed by atoms with Crippen LogP contribution in [0.1, 0.15) is 10.4 Å². The molecule has 0 atom stereocenters. The van der Waals surface area contributed by atoms with Gasteiger partial charge in [-0.1, -0.05) is 0 Å². The van der Waals surface area contributed by atoms with Crippen molar-refractivity contribution in [3.63, 3.8) is 0 Å². The second-order valence-corrected chi connectivity index (χ2v) is 7.11. The molecule has 0 saturated carbocycles. The number of nitrogens with zero attached hydrogens (tertiary/aromatic N) is 5. The second-order valence-electron chi connectivity index (χ2n) is 7.11. The van der Waals surface area contributed by atoms with Gasteiger partial charge in [0.1, 0.15) is 23.6 Å². The number of fused-ring (bicyclic) bond motifs is 1. The van der Waals surface area contributed by atoms with Gasteiger partial charge in [-0.2, -0.15) is 23.4 Å². The lowest BCUT2D eigenvalue weighted by Gasteiger charge is -2.16. The molecule has 33 heavy (non-hydrogen) atoms. The van der Waals surface area contributed by atoms with Gasteiger partial charge in [-0.05, 0) is 18.2 Å². The number of aromatic nitrogens is 5. The summed E-state index contributed by atoms with van der Waals surface area (Å²) in [5.74, 6) is -0.873. The van der Waals surface area contributed by atoms with Crippen LogP contribution in [0.3, 0.4) is 0 Å². The van der Waals surface area contributed by atoms with Crippen molar-refractivity contribution >= 4 is 11.6 Å². The first-order valence-electron chi connectivity index (χ1n) is 9.64. The van der Waals surface area contributed by atoms with Gasteiger partial charge in [-0.3, -0.25) is 9.48 Å². The van der Waals surface area contributed by atoms with Crippen molar-refractivity contribution in [1.82, 2.24) is 29.7 Å². The van der Waals surface area contributed by atoms with Crippen molar-refractivity contribution < 1.29 is 27.4 Å². The fourth-order valence-corrected chi connectivity index (χ4v) is 3.35. The SMILES string of the molecule is COc1cc(-c2cnc3cc(-c4cnn(C)c4)cnn23)cc(OC)c1C(=O)NCC(F)(F)F. The van der Waals surface area contributed by atoms with Crippen LogP contribution in [0.15, 0.2) is 43.0 Å². The third-order valence-electron chi connectivity index (χ3n) is 4.88. The van der Waals surface area contributed by atoms with Crippen molar-refractivity contribution in [1.29, 1.82) is 0 Å². The van der Waals surface area contributed by atoms with E-state index in [1.807, 2.05) is 24.6 Å². The third kappa shape index (κ3) is 4.45. The van der Waals surface area contributed by atoms with Crippen LogP contribution >= 0.6 is 0 Å². The van der Waals surface area contributed by atoms with Crippen LogP contribution in [0.25, 0.3) is 28.0 Å². The van der Waals surface area contributed by atoms with Gasteiger partial charge in [-0.25, -0.2) is 9.50 Å². The molecule has 0 aliphatic rings. The minimum atomic E-state index is -4.55. The third-order valence-corrected chi connectivity index (χ3v) is 4.88. The highest BCUT2D eigenvalue weighted by Gasteiger charge is 2.30. The number of imidazole rings is 1. The zero-order valence-corrected chi connectivity index (χ0v) is 17.8. The molecule has 4 aromatic rings. The maximum absolute atomic E-state index is 12.5. The first kappa shape index (κ1) is 22.1. The molecule has 3 aromatic heterocycles. The molecule has 0 fully saturated rings. The van der Waals surface area contributed by atoms with E-state index in [4.69, 9.17) is 9.47 Å². The van der Waals surface area contributed by atoms with Crippen molar-refractivity contribution in [2.45, 2.75) is 6.18 Å². The number of alkyl halides is 3. The number of carbonyl (C=O) groups excluding carboxylic acids is 1. The summed E-state index contributed by atoms with van der Waals surface area (Å²) in [6, 6.07) is 4.89. The normalized spacial score (nSPS) is 11.6. The van der Waals surface area contributed by atoms with E-state index in [1.165, 1.54) is 26.4 Å². The maximum Gasteiger partial charge on any atom is 0.405 e. The molecular formula is C21H19F3N6O3. The summed E-state index contributed by atoms with van der Waals surface area (Å²) < 4.78 is 51.5. The van der Waals surface area contributed by atoms with Crippen molar-refractivity contribution in [3.05, 3.63) is 48.5 Å². The van der Waals surface area contributed by atoms with Gasteiger partial charge in [0.25, 0.3) is 5.91 Å². The number of amides is 1. The first-order chi connectivity index (χ1) is 15.7. The van der Waals surface area contributed by atoms with Gasteiger partial charge in [0.2, 0.25) is 0 Å². The Bertz CT molecular complexity index is 1300. The summed E-state index contributed by atoms with van der Waals surface area (Å²) in [6.45, 7) is -1.48. The van der Waals surface area contributed by atoms with Crippen LogP contribution < -0.4 is 14.8 Å². The van der Waals surface area contributed by atoms with Crippen LogP contribution in [-0.2, 0) is 7.05 Å². The number of nitrogens with one attached hydrogen (secondary N) is 1. The molecule has 1 amide bonds. The Labute approximate surface area is 185 Å². The van der Waals surface area contributed by atoms with Gasteiger partial charge in [0.05, 0.1) is 38.5 Å². The summed E-state index contributed by atoms with van der Waals surface area (Å²) in [5.41, 5.74) is 3.26. The van der Waals surface area contributed by atoms with Crippen LogP contribution in [0.4, 0.5) is 13.2 Å². The molecule has 0 radical (unpaired) electrons. The molecule has 0 bridgehead atoms. The molecule has 1 aromatic carbocycles. The van der Waals surface area contributed by atoms with Crippen molar-refractivity contribution in [2.75, 3.05) is 20.8 Å². The molecule has 4 rings (SSSR count). The average Bonchev–Trinajstić information content (AvgIpc) is 3.41. The molecule has 0 saturated heterocycles. The van der Waals surface area contributed by atoms with Gasteiger partial charge in [0.15, 0.2) is 5.65 Å². The molecular weight excluding hydrogens is 441 g/mol. The lowest BCUT2D eigenvalue weighted by molar-refractivity contribution is -0.123. The topological polar surface area (TPSA) is 95.6 Å². The maximum atomic E-state index is 12.5. The van der Waals surface area contributed by atoms with E-state index in [2.05, 4.69) is 15.2 Å². The fourth-order valence-electron chi connectivity index (χ4n) is 3.35. The van der Waals surface area contributed by atoms with Gasteiger partial charge >= 0.3 is 6.18 Å². The average molecular weight is 460 g/mol. The Morgan fingerprint density at radius 3 is 2.24 bits per heavy atom. The Morgan fingerprint density at radius 1 is 1.00 bits per heavy atom. The molecule has 12 heteroatoms. The van der Waals surface area contributed by atoms with Gasteiger partial charge in [0, 0.05) is 29.9 Å². The van der Waals surface area contributed by atoms with Gasteiger partial charge in [-0.15, -0.1) is 0 Å². The van der Waals surface area contributed by atoms with Crippen LogP contribution in [0, 0.1) is 0 Å². The Morgan fingerprint density at radius 2 is 1.67 bits per heavy atom. The zero-order valence-electron chi connectivity index (χ0n) is 17.8. The van der Waals surface area contributed by atoms with Crippen LogP contribution in [0.2, 0.25) is 0 Å². The number of methoxy groups -OCH3 is 2. The van der Waals surface area contributed by atoms with E-state index in [0.29, 0.717) is 16.9 Å². The lowest BCUT2D eigenvalue weighted by Crippen LogP contribution is -2.34. The second kappa shape index (κ2) is 8.45. The summed E-state index contributed by atoms with van der Waals surface area (Å²) >= 11 is 0. The highest BCUT2D eigenvalue weighted by molar-refractivity contribution is 6.00. The largest absolute Gasteiger partial charge is 0.496 e. The summed E-state index contributed by atoms with van der Waals surface area (Å²) in [5, 5.41) is 10.4. The monoisotopic (exact) mass is 460 g/mol. The molecule has 0 aliphatic heterocycles. The van der Waals surface area contributed by atoms with Crippen LogP contribution in [-0.4, -0.2) is 57.2 Å². The van der Waals surface area contributed by atoms with Gasteiger partial charge < -0.3 is 14.8 Å². The molecule has 0 unspecified atom stereocenters. The molecule has 0 aliphatic carbocycles. The Hall–Kier alpha value is -4.09. The smallest absolute Gasteiger partial charge is 0.405 e. The van der Waals surface area contributed by atoms with E-state index in [9.17, 15) is 18.0 Å². The van der Waals surface area contributed by atoms with E-state index in [0.717, 1.165) is 11.1 Å². The lowest BCUT2D eigenvalue weighted by atomic mass is 10.1. The van der Waals surface area contributed by atoms with Crippen molar-refractivity contribution in [2.24, 2.45) is 7.05 Å². The Kier molecular flexibility index (Phi) is 5.66. The van der Waals surface area contributed by atoms with E-state index < -0.39 is 18.6 Å². The predicted octanol–water partition coefficient (Wildman–Crippen LogP) is 3.11. The summed E-state index contributed by atoms with van der Waals surface area (Å²) in [7, 11) is 4.44. The number of hydrogen-bond acceptors (Lipinski definition) is 6.